The van der Waals surface area contributed by atoms with E-state index in [-0.39, 0.29) is 23.3 Å². The van der Waals surface area contributed by atoms with Crippen LogP contribution in [-0.2, 0) is 11.2 Å². The Balaban J connectivity index is 1.70. The number of nitro benzene ring substituents is 1. The summed E-state index contributed by atoms with van der Waals surface area (Å²) in [5, 5.41) is 17.0. The maximum Gasteiger partial charge on any atom is 0.271 e. The van der Waals surface area contributed by atoms with Gasteiger partial charge < -0.3 is 10.1 Å². The summed E-state index contributed by atoms with van der Waals surface area (Å²) in [7, 11) is 1.45. The summed E-state index contributed by atoms with van der Waals surface area (Å²) < 4.78 is 5.18. The molecule has 7 heteroatoms. The van der Waals surface area contributed by atoms with Crippen molar-refractivity contribution in [3.63, 3.8) is 0 Å². The molecule has 0 radical (unpaired) electrons. The van der Waals surface area contributed by atoms with Crippen LogP contribution in [0.25, 0.3) is 0 Å². The zero-order chi connectivity index (χ0) is 18.7. The lowest BCUT2D eigenvalue weighted by atomic mass is 10.1. The number of benzene rings is 2. The number of nitro groups is 1. The first-order chi connectivity index (χ1) is 12.5. The Labute approximate surface area is 151 Å². The second-order valence-electron chi connectivity index (χ2n) is 6.31. The number of carbonyl (C=O) groups excluding carboxylic acids is 1. The van der Waals surface area contributed by atoms with Gasteiger partial charge in [0.05, 0.1) is 23.8 Å². The standard InChI is InChI=1S/C19H21N3O4/c1-12(20-16-9-7-13-5-3-4-6-15(13)16)19(23)21-17-11-14(22(24)25)8-10-18(17)26-2/h3-6,8,10-12,16,20H,7,9H2,1-2H3,(H,21,23). The van der Waals surface area contributed by atoms with Crippen LogP contribution in [0.15, 0.2) is 42.5 Å². The van der Waals surface area contributed by atoms with Crippen LogP contribution in [0.2, 0.25) is 0 Å². The van der Waals surface area contributed by atoms with E-state index in [0.29, 0.717) is 5.75 Å². The molecule has 2 aromatic carbocycles. The van der Waals surface area contributed by atoms with Crippen molar-refractivity contribution >= 4 is 17.3 Å². The molecule has 0 heterocycles. The number of hydrogen-bond donors (Lipinski definition) is 2. The van der Waals surface area contributed by atoms with Crippen LogP contribution in [0.5, 0.6) is 5.75 Å². The molecule has 1 aliphatic carbocycles. The quantitative estimate of drug-likeness (QED) is 0.613. The molecule has 0 aromatic heterocycles. The van der Waals surface area contributed by atoms with Gasteiger partial charge in [-0.25, -0.2) is 0 Å². The molecule has 7 nitrogen and oxygen atoms in total. The van der Waals surface area contributed by atoms with Crippen LogP contribution in [0.1, 0.15) is 30.5 Å². The summed E-state index contributed by atoms with van der Waals surface area (Å²) in [5.41, 5.74) is 2.71. The zero-order valence-electron chi connectivity index (χ0n) is 14.7. The molecular weight excluding hydrogens is 334 g/mol. The third-order valence-electron chi connectivity index (χ3n) is 4.63. The van der Waals surface area contributed by atoms with Crippen molar-refractivity contribution in [2.75, 3.05) is 12.4 Å². The molecule has 2 unspecified atom stereocenters. The molecule has 0 aliphatic heterocycles. The Morgan fingerprint density at radius 3 is 2.81 bits per heavy atom. The number of rotatable bonds is 6. The largest absolute Gasteiger partial charge is 0.495 e. The van der Waals surface area contributed by atoms with Crippen LogP contribution >= 0.6 is 0 Å². The molecule has 1 amide bonds. The van der Waals surface area contributed by atoms with Crippen molar-refractivity contribution < 1.29 is 14.5 Å². The van der Waals surface area contributed by atoms with Crippen molar-refractivity contribution in [2.24, 2.45) is 0 Å². The average Bonchev–Trinajstić information content (AvgIpc) is 3.04. The number of carbonyl (C=O) groups is 1. The number of anilines is 1. The van der Waals surface area contributed by atoms with Crippen molar-refractivity contribution in [3.8, 4) is 5.75 Å². The first-order valence-electron chi connectivity index (χ1n) is 8.46. The van der Waals surface area contributed by atoms with E-state index in [0.717, 1.165) is 12.8 Å². The number of non-ortho nitro benzene ring substituents is 1. The third kappa shape index (κ3) is 3.67. The highest BCUT2D eigenvalue weighted by Crippen LogP contribution is 2.32. The number of aryl methyl sites for hydroxylation is 1. The van der Waals surface area contributed by atoms with E-state index in [4.69, 9.17) is 4.74 Å². The molecule has 0 saturated carbocycles. The molecule has 3 rings (SSSR count). The molecule has 2 aromatic rings. The molecule has 2 N–H and O–H groups in total. The number of fused-ring (bicyclic) bond motifs is 1. The fraction of sp³-hybridized carbons (Fsp3) is 0.316. The van der Waals surface area contributed by atoms with Gasteiger partial charge in [-0.05, 0) is 37.0 Å². The SMILES string of the molecule is COc1ccc([N+](=O)[O-])cc1NC(=O)C(C)NC1CCc2ccccc21. The number of hydrogen-bond acceptors (Lipinski definition) is 5. The zero-order valence-corrected chi connectivity index (χ0v) is 14.7. The fourth-order valence-electron chi connectivity index (χ4n) is 3.26. The van der Waals surface area contributed by atoms with Crippen molar-refractivity contribution in [1.29, 1.82) is 0 Å². The third-order valence-corrected chi connectivity index (χ3v) is 4.63. The van der Waals surface area contributed by atoms with Crippen LogP contribution < -0.4 is 15.4 Å². The van der Waals surface area contributed by atoms with Crippen LogP contribution in [0, 0.1) is 10.1 Å². The highest BCUT2D eigenvalue weighted by molar-refractivity contribution is 5.96. The lowest BCUT2D eigenvalue weighted by Gasteiger charge is -2.20. The number of nitrogens with one attached hydrogen (secondary N) is 2. The molecule has 0 spiro atoms. The molecule has 0 saturated heterocycles. The molecule has 1 aliphatic rings. The minimum absolute atomic E-state index is 0.105. The van der Waals surface area contributed by atoms with Gasteiger partial charge in [-0.1, -0.05) is 24.3 Å². The maximum atomic E-state index is 12.6. The van der Waals surface area contributed by atoms with Crippen LogP contribution in [0.3, 0.4) is 0 Å². The summed E-state index contributed by atoms with van der Waals surface area (Å²) in [6.07, 6.45) is 1.93. The summed E-state index contributed by atoms with van der Waals surface area (Å²) in [4.78, 5) is 23.0. The van der Waals surface area contributed by atoms with Crippen molar-refractivity contribution in [1.82, 2.24) is 5.32 Å². The number of ether oxygens (including phenoxy) is 1. The average molecular weight is 355 g/mol. The summed E-state index contributed by atoms with van der Waals surface area (Å²) >= 11 is 0. The van der Waals surface area contributed by atoms with Gasteiger partial charge in [0, 0.05) is 18.2 Å². The molecule has 136 valence electrons. The summed E-state index contributed by atoms with van der Waals surface area (Å²) in [6.45, 7) is 1.78. The maximum absolute atomic E-state index is 12.6. The Hall–Kier alpha value is -2.93. The van der Waals surface area contributed by atoms with E-state index in [1.807, 2.05) is 12.1 Å². The molecule has 0 fully saturated rings. The number of amides is 1. The predicted octanol–water partition coefficient (Wildman–Crippen LogP) is 3.21. The van der Waals surface area contributed by atoms with E-state index >= 15 is 0 Å². The van der Waals surface area contributed by atoms with Gasteiger partial charge in [-0.3, -0.25) is 20.2 Å². The normalized spacial score (nSPS) is 16.6. The van der Waals surface area contributed by atoms with Gasteiger partial charge in [0.1, 0.15) is 5.75 Å². The topological polar surface area (TPSA) is 93.5 Å². The predicted molar refractivity (Wildman–Crippen MR) is 98.4 cm³/mol. The number of nitrogens with zero attached hydrogens (tertiary/aromatic N) is 1. The fourth-order valence-corrected chi connectivity index (χ4v) is 3.26. The lowest BCUT2D eigenvalue weighted by Crippen LogP contribution is -2.39. The van der Waals surface area contributed by atoms with Gasteiger partial charge in [0.15, 0.2) is 0 Å². The second-order valence-corrected chi connectivity index (χ2v) is 6.31. The monoisotopic (exact) mass is 355 g/mol. The summed E-state index contributed by atoms with van der Waals surface area (Å²) in [5.74, 6) is 0.107. The Morgan fingerprint density at radius 1 is 1.31 bits per heavy atom. The molecule has 2 atom stereocenters. The van der Waals surface area contributed by atoms with Crippen LogP contribution in [0.4, 0.5) is 11.4 Å². The van der Waals surface area contributed by atoms with Gasteiger partial charge in [-0.15, -0.1) is 0 Å². The van der Waals surface area contributed by atoms with E-state index < -0.39 is 11.0 Å². The Bertz CT molecular complexity index is 837. The van der Waals surface area contributed by atoms with E-state index in [2.05, 4.69) is 22.8 Å². The van der Waals surface area contributed by atoms with Gasteiger partial charge in [0.25, 0.3) is 5.69 Å². The minimum Gasteiger partial charge on any atom is -0.495 e. The van der Waals surface area contributed by atoms with Gasteiger partial charge in [-0.2, -0.15) is 0 Å². The molecule has 0 bridgehead atoms. The summed E-state index contributed by atoms with van der Waals surface area (Å²) in [6, 6.07) is 12.0. The smallest absolute Gasteiger partial charge is 0.271 e. The van der Waals surface area contributed by atoms with Gasteiger partial charge >= 0.3 is 0 Å². The highest BCUT2D eigenvalue weighted by Gasteiger charge is 2.26. The minimum atomic E-state index is -0.508. The van der Waals surface area contributed by atoms with E-state index in [1.165, 1.54) is 36.4 Å². The molecule has 26 heavy (non-hydrogen) atoms. The second kappa shape index (κ2) is 7.53. The van der Waals surface area contributed by atoms with Crippen molar-refractivity contribution in [2.45, 2.75) is 31.8 Å². The van der Waals surface area contributed by atoms with E-state index in [9.17, 15) is 14.9 Å². The lowest BCUT2D eigenvalue weighted by molar-refractivity contribution is -0.384. The molecular formula is C19H21N3O4. The van der Waals surface area contributed by atoms with Crippen molar-refractivity contribution in [3.05, 3.63) is 63.7 Å². The van der Waals surface area contributed by atoms with Crippen LogP contribution in [-0.4, -0.2) is 24.0 Å². The van der Waals surface area contributed by atoms with E-state index in [1.54, 1.807) is 6.92 Å². The Morgan fingerprint density at radius 2 is 2.08 bits per heavy atom. The number of methoxy groups -OCH3 is 1. The van der Waals surface area contributed by atoms with Gasteiger partial charge in [0.2, 0.25) is 5.91 Å². The first kappa shape index (κ1) is 17.9. The highest BCUT2D eigenvalue weighted by atomic mass is 16.6. The Kier molecular flexibility index (Phi) is 5.18. The first-order valence-corrected chi connectivity index (χ1v) is 8.46.